The van der Waals surface area contributed by atoms with Gasteiger partial charge in [0.05, 0.1) is 6.54 Å². The summed E-state index contributed by atoms with van der Waals surface area (Å²) in [4.78, 5) is 43.1. The number of rotatable bonds is 5. The van der Waals surface area contributed by atoms with Crippen LogP contribution >= 0.6 is 0 Å². The molecule has 9 nitrogen and oxygen atoms in total. The van der Waals surface area contributed by atoms with Crippen LogP contribution in [0.1, 0.15) is 21.7 Å². The van der Waals surface area contributed by atoms with Crippen molar-refractivity contribution in [2.24, 2.45) is 0 Å². The molecule has 3 amide bonds. The molecule has 136 valence electrons. The fraction of sp³-hybridized carbons (Fsp3) is 0.500. The lowest BCUT2D eigenvalue weighted by Crippen LogP contribution is -2.52. The molecule has 3 N–H and O–H groups in total. The van der Waals surface area contributed by atoms with Crippen molar-refractivity contribution in [1.82, 2.24) is 25.4 Å². The molecule has 1 aliphatic rings. The summed E-state index contributed by atoms with van der Waals surface area (Å²) in [5, 5.41) is 13.4. The van der Waals surface area contributed by atoms with E-state index < -0.39 is 23.9 Å². The van der Waals surface area contributed by atoms with Gasteiger partial charge >= 0.3 is 6.09 Å². The molecule has 9 heteroatoms. The predicted octanol–water partition coefficient (Wildman–Crippen LogP) is -0.476. The highest BCUT2D eigenvalue weighted by Crippen LogP contribution is 2.16. The van der Waals surface area contributed by atoms with Gasteiger partial charge in [0, 0.05) is 39.3 Å². The first-order valence-corrected chi connectivity index (χ1v) is 7.94. The van der Waals surface area contributed by atoms with Gasteiger partial charge in [-0.1, -0.05) is 6.07 Å². The zero-order valence-electron chi connectivity index (χ0n) is 14.6. The maximum atomic E-state index is 12.4. The molecular weight excluding hydrogens is 326 g/mol. The van der Waals surface area contributed by atoms with Crippen molar-refractivity contribution in [2.75, 3.05) is 34.2 Å². The summed E-state index contributed by atoms with van der Waals surface area (Å²) in [6, 6.07) is 2.49. The summed E-state index contributed by atoms with van der Waals surface area (Å²) in [5.74, 6) is -0.907. The number of nitrogens with zero attached hydrogens (tertiary/aromatic N) is 3. The second-order valence-electron chi connectivity index (χ2n) is 6.23. The van der Waals surface area contributed by atoms with Crippen LogP contribution in [0.5, 0.6) is 0 Å². The topological polar surface area (TPSA) is 115 Å². The summed E-state index contributed by atoms with van der Waals surface area (Å²) < 4.78 is 0. The van der Waals surface area contributed by atoms with Crippen molar-refractivity contribution < 1.29 is 19.5 Å². The minimum Gasteiger partial charge on any atom is -0.465 e. The summed E-state index contributed by atoms with van der Waals surface area (Å²) in [7, 11) is 5.10. The Hall–Kier alpha value is -2.68. The summed E-state index contributed by atoms with van der Waals surface area (Å²) in [6.07, 6.45) is -0.505. The molecule has 2 rings (SSSR count). The molecule has 1 aromatic heterocycles. The first kappa shape index (κ1) is 18.7. The van der Waals surface area contributed by atoms with E-state index in [9.17, 15) is 14.4 Å². The van der Waals surface area contributed by atoms with Crippen LogP contribution in [-0.4, -0.2) is 78.1 Å². The molecule has 2 heterocycles. The summed E-state index contributed by atoms with van der Waals surface area (Å²) in [5.41, 5.74) is 2.18. The Balaban J connectivity index is 2.12. The lowest BCUT2D eigenvalue weighted by atomic mass is 10.1. The minimum atomic E-state index is -1.26. The second-order valence-corrected chi connectivity index (χ2v) is 6.23. The van der Waals surface area contributed by atoms with Crippen LogP contribution < -0.4 is 10.6 Å². The molecule has 25 heavy (non-hydrogen) atoms. The first-order valence-electron chi connectivity index (χ1n) is 7.94. The lowest BCUT2D eigenvalue weighted by Gasteiger charge is -2.25. The largest absolute Gasteiger partial charge is 0.465 e. The molecule has 1 atom stereocenters. The molecule has 0 unspecified atom stereocenters. The van der Waals surface area contributed by atoms with Gasteiger partial charge in [0.1, 0.15) is 11.7 Å². The standard InChI is InChI=1S/C16H23N5O4/c1-20(2)15(23)13(8-17-16(24)25)19-14(22)12-5-4-10-9-21(3)7-6-11(10)18-12/h4-5,13,17H,6-9H2,1-3H3,(H,19,22)(H,24,25)/t13-/m0/s1. The Morgan fingerprint density at radius 1 is 1.36 bits per heavy atom. The molecule has 0 spiro atoms. The van der Waals surface area contributed by atoms with E-state index in [-0.39, 0.29) is 12.2 Å². The van der Waals surface area contributed by atoms with E-state index in [1.807, 2.05) is 13.1 Å². The van der Waals surface area contributed by atoms with Crippen LogP contribution in [-0.2, 0) is 17.8 Å². The molecule has 1 aliphatic heterocycles. The van der Waals surface area contributed by atoms with Gasteiger partial charge in [-0.25, -0.2) is 9.78 Å². The number of hydrogen-bond donors (Lipinski definition) is 3. The Morgan fingerprint density at radius 3 is 2.72 bits per heavy atom. The highest BCUT2D eigenvalue weighted by molar-refractivity contribution is 5.96. The molecule has 0 bridgehead atoms. The van der Waals surface area contributed by atoms with Gasteiger partial charge in [-0.05, 0) is 18.7 Å². The Labute approximate surface area is 146 Å². The third-order valence-electron chi connectivity index (χ3n) is 3.97. The van der Waals surface area contributed by atoms with Crippen molar-refractivity contribution in [3.05, 3.63) is 29.1 Å². The Morgan fingerprint density at radius 2 is 2.08 bits per heavy atom. The van der Waals surface area contributed by atoms with E-state index in [0.29, 0.717) is 0 Å². The average molecular weight is 349 g/mol. The number of aromatic nitrogens is 1. The molecule has 0 radical (unpaired) electrons. The van der Waals surface area contributed by atoms with E-state index in [2.05, 4.69) is 20.5 Å². The van der Waals surface area contributed by atoms with Crippen LogP contribution in [0, 0.1) is 0 Å². The second kappa shape index (κ2) is 7.93. The van der Waals surface area contributed by atoms with Gasteiger partial charge in [-0.3, -0.25) is 9.59 Å². The van der Waals surface area contributed by atoms with Gasteiger partial charge < -0.3 is 25.5 Å². The van der Waals surface area contributed by atoms with Crippen LogP contribution in [0.3, 0.4) is 0 Å². The van der Waals surface area contributed by atoms with Crippen molar-refractivity contribution >= 4 is 17.9 Å². The molecule has 0 aliphatic carbocycles. The number of pyridine rings is 1. The van der Waals surface area contributed by atoms with Gasteiger partial charge in [0.15, 0.2) is 0 Å². The van der Waals surface area contributed by atoms with Gasteiger partial charge in [0.2, 0.25) is 5.91 Å². The van der Waals surface area contributed by atoms with E-state index in [4.69, 9.17) is 5.11 Å². The normalized spacial score (nSPS) is 15.0. The average Bonchev–Trinajstić information content (AvgIpc) is 2.56. The SMILES string of the molecule is CN1CCc2nc(C(=O)N[C@@H](CNC(=O)O)C(=O)N(C)C)ccc2C1. The number of hydrogen-bond acceptors (Lipinski definition) is 5. The van der Waals surface area contributed by atoms with Crippen molar-refractivity contribution in [2.45, 2.75) is 19.0 Å². The monoisotopic (exact) mass is 349 g/mol. The number of amides is 3. The highest BCUT2D eigenvalue weighted by Gasteiger charge is 2.25. The summed E-state index contributed by atoms with van der Waals surface area (Å²) in [6.45, 7) is 1.44. The van der Waals surface area contributed by atoms with E-state index in [1.165, 1.54) is 19.0 Å². The third kappa shape index (κ3) is 4.90. The fourth-order valence-electron chi connectivity index (χ4n) is 2.62. The zero-order valence-corrected chi connectivity index (χ0v) is 14.6. The Kier molecular flexibility index (Phi) is 5.92. The quantitative estimate of drug-likeness (QED) is 0.662. The molecule has 1 aromatic rings. The fourth-order valence-corrected chi connectivity index (χ4v) is 2.62. The summed E-state index contributed by atoms with van der Waals surface area (Å²) >= 11 is 0. The number of nitrogens with one attached hydrogen (secondary N) is 2. The van der Waals surface area contributed by atoms with Gasteiger partial charge in [-0.2, -0.15) is 0 Å². The van der Waals surface area contributed by atoms with Crippen molar-refractivity contribution in [3.8, 4) is 0 Å². The smallest absolute Gasteiger partial charge is 0.404 e. The Bertz CT molecular complexity index is 676. The number of carbonyl (C=O) groups excluding carboxylic acids is 2. The molecule has 0 fully saturated rings. The van der Waals surface area contributed by atoms with Crippen LogP contribution in [0.4, 0.5) is 4.79 Å². The van der Waals surface area contributed by atoms with E-state index >= 15 is 0 Å². The van der Waals surface area contributed by atoms with Crippen LogP contribution in [0.2, 0.25) is 0 Å². The lowest BCUT2D eigenvalue weighted by molar-refractivity contribution is -0.130. The molecular formula is C16H23N5O4. The first-order chi connectivity index (χ1) is 11.8. The minimum absolute atomic E-state index is 0.214. The maximum Gasteiger partial charge on any atom is 0.404 e. The molecule has 0 saturated heterocycles. The van der Waals surface area contributed by atoms with Gasteiger partial charge in [-0.15, -0.1) is 0 Å². The number of fused-ring (bicyclic) bond motifs is 1. The predicted molar refractivity (Wildman–Crippen MR) is 90.3 cm³/mol. The van der Waals surface area contributed by atoms with Crippen LogP contribution in [0.25, 0.3) is 0 Å². The highest BCUT2D eigenvalue weighted by atomic mass is 16.4. The molecule has 0 saturated carbocycles. The van der Waals surface area contributed by atoms with E-state index in [1.54, 1.807) is 6.07 Å². The number of likely N-dealkylation sites (N-methyl/N-ethyl adjacent to an activating group) is 2. The zero-order chi connectivity index (χ0) is 18.6. The number of carbonyl (C=O) groups is 3. The molecule has 0 aromatic carbocycles. The number of carboxylic acid groups (broad SMARTS) is 1. The third-order valence-corrected chi connectivity index (χ3v) is 3.97. The van der Waals surface area contributed by atoms with Crippen molar-refractivity contribution in [3.63, 3.8) is 0 Å². The van der Waals surface area contributed by atoms with Crippen LogP contribution in [0.15, 0.2) is 12.1 Å². The van der Waals surface area contributed by atoms with Gasteiger partial charge in [0.25, 0.3) is 5.91 Å². The van der Waals surface area contributed by atoms with Crippen molar-refractivity contribution in [1.29, 1.82) is 0 Å². The maximum absolute atomic E-state index is 12.4. The van der Waals surface area contributed by atoms with E-state index in [0.717, 1.165) is 30.8 Å².